The number of hydrogen-bond acceptors (Lipinski definition) is 7. The molecule has 2 atom stereocenters. The van der Waals surface area contributed by atoms with Gasteiger partial charge in [0.25, 0.3) is 12.0 Å². The zero-order valence-corrected chi connectivity index (χ0v) is 19.1. The Hall–Kier alpha value is -2.92. The zero-order valence-electron chi connectivity index (χ0n) is 18.3. The number of alkyl halides is 2. The largest absolute Gasteiger partial charge is 0.382 e. The van der Waals surface area contributed by atoms with E-state index >= 15 is 0 Å². The molecule has 33 heavy (non-hydrogen) atoms. The molecule has 1 fully saturated rings. The second-order valence-electron chi connectivity index (χ2n) is 7.75. The Morgan fingerprint density at radius 1 is 1.30 bits per heavy atom. The van der Waals surface area contributed by atoms with Crippen LogP contribution in [0.3, 0.4) is 0 Å². The summed E-state index contributed by atoms with van der Waals surface area (Å²) in [5.41, 5.74) is 0.389. The molecule has 0 saturated carbocycles. The van der Waals surface area contributed by atoms with E-state index in [1.54, 1.807) is 14.0 Å². The van der Waals surface area contributed by atoms with Crippen molar-refractivity contribution in [3.63, 3.8) is 0 Å². The van der Waals surface area contributed by atoms with Crippen molar-refractivity contribution in [3.8, 4) is 0 Å². The summed E-state index contributed by atoms with van der Waals surface area (Å²) in [5, 5.41) is 3.49. The van der Waals surface area contributed by atoms with E-state index in [2.05, 4.69) is 15.3 Å². The monoisotopic (exact) mass is 477 g/mol. The molecule has 176 valence electrons. The van der Waals surface area contributed by atoms with Crippen LogP contribution < -0.4 is 15.8 Å². The molecule has 1 unspecified atom stereocenters. The number of nitrogens with one attached hydrogen (secondary N) is 1. The molecule has 4 rings (SSSR count). The number of benzene rings is 1. The summed E-state index contributed by atoms with van der Waals surface area (Å²) in [4.78, 5) is 36.3. The highest BCUT2D eigenvalue weighted by Gasteiger charge is 2.34. The van der Waals surface area contributed by atoms with Gasteiger partial charge in [-0.3, -0.25) is 14.2 Å². The standard InChI is InChI=1S/C22H25F2N5O3S/c1-3-28-18(17(23)24)27-20-16(21(28)31)26-22(33-20)29-11-7-10-15(29)19(30)25-14(12-32-2)13-8-5-4-6-9-13/h4-6,8-9,14-15,17H,3,7,10-12H2,1-2H3,(H,25,30)/t14-,15?/m1/s1. The molecule has 0 bridgehead atoms. The highest BCUT2D eigenvalue weighted by Crippen LogP contribution is 2.33. The third-order valence-corrected chi connectivity index (χ3v) is 6.69. The number of nitrogens with zero attached hydrogens (tertiary/aromatic N) is 4. The smallest absolute Gasteiger partial charge is 0.295 e. The third kappa shape index (κ3) is 4.60. The average Bonchev–Trinajstić information content (AvgIpc) is 3.46. The van der Waals surface area contributed by atoms with Crippen molar-refractivity contribution in [1.82, 2.24) is 19.9 Å². The second-order valence-corrected chi connectivity index (χ2v) is 8.70. The second kappa shape index (κ2) is 9.92. The van der Waals surface area contributed by atoms with E-state index in [1.807, 2.05) is 35.2 Å². The number of halogens is 2. The van der Waals surface area contributed by atoms with E-state index in [0.717, 1.165) is 27.9 Å². The van der Waals surface area contributed by atoms with E-state index < -0.39 is 23.9 Å². The molecule has 1 saturated heterocycles. The average molecular weight is 478 g/mol. The lowest BCUT2D eigenvalue weighted by molar-refractivity contribution is -0.123. The van der Waals surface area contributed by atoms with Gasteiger partial charge in [0.1, 0.15) is 6.04 Å². The Balaban J connectivity index is 1.62. The Morgan fingerprint density at radius 2 is 2.06 bits per heavy atom. The first-order valence-electron chi connectivity index (χ1n) is 10.7. The summed E-state index contributed by atoms with van der Waals surface area (Å²) < 4.78 is 33.1. The lowest BCUT2D eigenvalue weighted by Crippen LogP contribution is -2.45. The summed E-state index contributed by atoms with van der Waals surface area (Å²) in [6.45, 7) is 2.57. The summed E-state index contributed by atoms with van der Waals surface area (Å²) in [6.07, 6.45) is -1.48. The normalized spacial score (nSPS) is 17.1. The van der Waals surface area contributed by atoms with Gasteiger partial charge in [-0.15, -0.1) is 0 Å². The SMILES string of the molecule is CCn1c(C(F)F)nc2sc(N3CCCC3C(=O)N[C@H](COC)c3ccccc3)nc2c1=O. The highest BCUT2D eigenvalue weighted by atomic mass is 32.1. The quantitative estimate of drug-likeness (QED) is 0.536. The lowest BCUT2D eigenvalue weighted by atomic mass is 10.1. The first kappa shape index (κ1) is 23.2. The molecule has 1 N–H and O–H groups in total. The van der Waals surface area contributed by atoms with Gasteiger partial charge in [0.2, 0.25) is 5.91 Å². The van der Waals surface area contributed by atoms with E-state index in [9.17, 15) is 18.4 Å². The van der Waals surface area contributed by atoms with Crippen LogP contribution in [0.25, 0.3) is 10.3 Å². The van der Waals surface area contributed by atoms with Gasteiger partial charge < -0.3 is 15.0 Å². The van der Waals surface area contributed by atoms with E-state index in [0.29, 0.717) is 24.7 Å². The minimum Gasteiger partial charge on any atom is -0.382 e. The molecular weight excluding hydrogens is 452 g/mol. The lowest BCUT2D eigenvalue weighted by Gasteiger charge is -2.26. The van der Waals surface area contributed by atoms with Crippen LogP contribution in [0.2, 0.25) is 0 Å². The van der Waals surface area contributed by atoms with Gasteiger partial charge in [-0.1, -0.05) is 41.7 Å². The fraction of sp³-hybridized carbons (Fsp3) is 0.455. The maximum absolute atomic E-state index is 13.4. The number of carbonyl (C=O) groups is 1. The number of carbonyl (C=O) groups excluding carboxylic acids is 1. The van der Waals surface area contributed by atoms with Crippen molar-refractivity contribution in [2.24, 2.45) is 0 Å². The van der Waals surface area contributed by atoms with Crippen molar-refractivity contribution in [2.75, 3.05) is 25.2 Å². The Kier molecular flexibility index (Phi) is 6.99. The molecule has 8 nitrogen and oxygen atoms in total. The van der Waals surface area contributed by atoms with Crippen molar-refractivity contribution >= 4 is 32.7 Å². The first-order valence-corrected chi connectivity index (χ1v) is 11.6. The Morgan fingerprint density at radius 3 is 2.73 bits per heavy atom. The van der Waals surface area contributed by atoms with Gasteiger partial charge in [-0.25, -0.2) is 18.7 Å². The Labute approximate surface area is 193 Å². The summed E-state index contributed by atoms with van der Waals surface area (Å²) in [7, 11) is 1.58. The predicted molar refractivity (Wildman–Crippen MR) is 122 cm³/mol. The fourth-order valence-corrected chi connectivity index (χ4v) is 5.13. The number of thiazole rings is 1. The van der Waals surface area contributed by atoms with Gasteiger partial charge in [-0.05, 0) is 25.3 Å². The van der Waals surface area contributed by atoms with Gasteiger partial charge >= 0.3 is 0 Å². The van der Waals surface area contributed by atoms with Crippen molar-refractivity contribution in [3.05, 3.63) is 52.1 Å². The van der Waals surface area contributed by atoms with E-state index in [4.69, 9.17) is 4.74 Å². The first-order chi connectivity index (χ1) is 15.9. The van der Waals surface area contributed by atoms with Crippen LogP contribution in [0.4, 0.5) is 13.9 Å². The van der Waals surface area contributed by atoms with Crippen LogP contribution in [0.5, 0.6) is 0 Å². The third-order valence-electron chi connectivity index (χ3n) is 5.70. The van der Waals surface area contributed by atoms with Crippen LogP contribution in [0.1, 0.15) is 43.6 Å². The summed E-state index contributed by atoms with van der Waals surface area (Å²) >= 11 is 1.06. The molecule has 0 radical (unpaired) electrons. The molecule has 1 aliphatic heterocycles. The number of rotatable bonds is 8. The van der Waals surface area contributed by atoms with Crippen molar-refractivity contribution in [2.45, 2.75) is 44.8 Å². The van der Waals surface area contributed by atoms with E-state index in [1.165, 1.54) is 0 Å². The van der Waals surface area contributed by atoms with Crippen molar-refractivity contribution < 1.29 is 18.3 Å². The number of fused-ring (bicyclic) bond motifs is 1. The molecule has 3 aromatic rings. The van der Waals surface area contributed by atoms with Crippen LogP contribution in [-0.2, 0) is 16.1 Å². The molecular formula is C22H25F2N5O3S. The molecule has 1 aromatic carbocycles. The molecule has 0 aliphatic carbocycles. The Bertz CT molecular complexity index is 1180. The predicted octanol–water partition coefficient (Wildman–Crippen LogP) is 3.28. The minimum atomic E-state index is -2.87. The summed E-state index contributed by atoms with van der Waals surface area (Å²) in [5.74, 6) is -0.740. The number of aromatic nitrogens is 3. The highest BCUT2D eigenvalue weighted by molar-refractivity contribution is 7.21. The van der Waals surface area contributed by atoms with Gasteiger partial charge in [0, 0.05) is 20.2 Å². The number of anilines is 1. The molecule has 1 amide bonds. The minimum absolute atomic E-state index is 0.0499. The van der Waals surface area contributed by atoms with Crippen molar-refractivity contribution in [1.29, 1.82) is 0 Å². The van der Waals surface area contributed by atoms with Crippen LogP contribution >= 0.6 is 11.3 Å². The topological polar surface area (TPSA) is 89.3 Å². The van der Waals surface area contributed by atoms with Crippen LogP contribution in [-0.4, -0.2) is 46.7 Å². The number of methoxy groups -OCH3 is 1. The molecule has 0 spiro atoms. The molecule has 11 heteroatoms. The van der Waals surface area contributed by atoms with Crippen LogP contribution in [0, 0.1) is 0 Å². The summed E-state index contributed by atoms with van der Waals surface area (Å²) in [6, 6.07) is 8.75. The van der Waals surface area contributed by atoms with Gasteiger partial charge in [-0.2, -0.15) is 0 Å². The van der Waals surface area contributed by atoms with Gasteiger partial charge in [0.15, 0.2) is 21.3 Å². The number of ether oxygens (including phenoxy) is 1. The maximum Gasteiger partial charge on any atom is 0.295 e. The molecule has 3 heterocycles. The molecule has 2 aromatic heterocycles. The number of amides is 1. The van der Waals surface area contributed by atoms with E-state index in [-0.39, 0.29) is 28.8 Å². The maximum atomic E-state index is 13.4. The zero-order chi connectivity index (χ0) is 23.5. The van der Waals surface area contributed by atoms with Crippen LogP contribution in [0.15, 0.2) is 35.1 Å². The fourth-order valence-electron chi connectivity index (χ4n) is 4.12. The van der Waals surface area contributed by atoms with Gasteiger partial charge in [0.05, 0.1) is 12.6 Å². The molecule has 1 aliphatic rings. The number of hydrogen-bond donors (Lipinski definition) is 1.